The largest absolute Gasteiger partial charge is 0.484 e. The number of hydrogen-bond acceptors (Lipinski definition) is 4. The van der Waals surface area contributed by atoms with Gasteiger partial charge in [0.05, 0.1) is 0 Å². The molecular formula is C14H19N3O3. The highest BCUT2D eigenvalue weighted by Gasteiger charge is 2.16. The summed E-state index contributed by atoms with van der Waals surface area (Å²) in [6.07, 6.45) is 3.29. The number of benzene rings is 1. The number of ether oxygens (including phenoxy) is 1. The molecule has 20 heavy (non-hydrogen) atoms. The van der Waals surface area contributed by atoms with Crippen molar-refractivity contribution in [3.05, 3.63) is 29.8 Å². The predicted molar refractivity (Wildman–Crippen MR) is 74.0 cm³/mol. The Morgan fingerprint density at radius 3 is 2.70 bits per heavy atom. The first-order valence-corrected chi connectivity index (χ1v) is 6.72. The van der Waals surface area contributed by atoms with Crippen LogP contribution in [0.2, 0.25) is 0 Å². The summed E-state index contributed by atoms with van der Waals surface area (Å²) in [5, 5.41) is 0. The molecule has 0 radical (unpaired) electrons. The monoisotopic (exact) mass is 277 g/mol. The van der Waals surface area contributed by atoms with E-state index < -0.39 is 5.91 Å². The molecule has 2 amide bonds. The molecule has 1 heterocycles. The van der Waals surface area contributed by atoms with Crippen LogP contribution < -0.4 is 16.0 Å². The number of nitrogens with two attached hydrogens (primary N) is 1. The fourth-order valence-corrected chi connectivity index (χ4v) is 2.19. The Morgan fingerprint density at radius 2 is 2.00 bits per heavy atom. The average molecular weight is 277 g/mol. The van der Waals surface area contributed by atoms with Crippen molar-refractivity contribution in [3.8, 4) is 5.75 Å². The molecule has 0 aromatic heterocycles. The van der Waals surface area contributed by atoms with Crippen LogP contribution >= 0.6 is 0 Å². The van der Waals surface area contributed by atoms with Gasteiger partial charge in [-0.25, -0.2) is 5.84 Å². The lowest BCUT2D eigenvalue weighted by atomic mass is 10.1. The molecule has 108 valence electrons. The Labute approximate surface area is 117 Å². The van der Waals surface area contributed by atoms with Crippen molar-refractivity contribution in [1.82, 2.24) is 10.3 Å². The smallest absolute Gasteiger partial charge is 0.265 e. The first-order valence-electron chi connectivity index (χ1n) is 6.72. The molecule has 3 N–H and O–H groups in total. The SMILES string of the molecule is NNC(=O)c1cccc(OCC(=O)N2CCCCC2)c1. The number of nitrogens with zero attached hydrogens (tertiary/aromatic N) is 1. The summed E-state index contributed by atoms with van der Waals surface area (Å²) >= 11 is 0. The molecule has 1 aliphatic rings. The van der Waals surface area contributed by atoms with Crippen molar-refractivity contribution in [2.24, 2.45) is 5.84 Å². The van der Waals surface area contributed by atoms with Gasteiger partial charge in [0.15, 0.2) is 6.61 Å². The zero-order valence-electron chi connectivity index (χ0n) is 11.3. The van der Waals surface area contributed by atoms with Crippen LogP contribution in [-0.2, 0) is 4.79 Å². The van der Waals surface area contributed by atoms with Crippen molar-refractivity contribution < 1.29 is 14.3 Å². The molecule has 1 fully saturated rings. The van der Waals surface area contributed by atoms with E-state index in [4.69, 9.17) is 10.6 Å². The van der Waals surface area contributed by atoms with Gasteiger partial charge in [0.1, 0.15) is 5.75 Å². The zero-order chi connectivity index (χ0) is 14.4. The number of piperidine rings is 1. The molecular weight excluding hydrogens is 258 g/mol. The van der Waals surface area contributed by atoms with Crippen LogP contribution in [0.4, 0.5) is 0 Å². The molecule has 6 heteroatoms. The second kappa shape index (κ2) is 6.91. The first-order chi connectivity index (χ1) is 9.70. The number of nitrogens with one attached hydrogen (secondary N) is 1. The van der Waals surface area contributed by atoms with Gasteiger partial charge in [-0.15, -0.1) is 0 Å². The number of carbonyl (C=O) groups is 2. The quantitative estimate of drug-likeness (QED) is 0.481. The van der Waals surface area contributed by atoms with Gasteiger partial charge < -0.3 is 9.64 Å². The normalized spacial score (nSPS) is 14.8. The van der Waals surface area contributed by atoms with Crippen LogP contribution in [0, 0.1) is 0 Å². The van der Waals surface area contributed by atoms with E-state index >= 15 is 0 Å². The minimum atomic E-state index is -0.391. The molecule has 0 bridgehead atoms. The molecule has 0 spiro atoms. The number of amides is 2. The number of likely N-dealkylation sites (tertiary alicyclic amines) is 1. The van der Waals surface area contributed by atoms with E-state index in [1.54, 1.807) is 24.3 Å². The van der Waals surface area contributed by atoms with Crippen LogP contribution in [-0.4, -0.2) is 36.4 Å². The molecule has 1 aromatic carbocycles. The van der Waals surface area contributed by atoms with Gasteiger partial charge in [-0.1, -0.05) is 6.07 Å². The first kappa shape index (κ1) is 14.3. The van der Waals surface area contributed by atoms with Gasteiger partial charge in [-0.05, 0) is 37.5 Å². The number of hydrazine groups is 1. The van der Waals surface area contributed by atoms with E-state index in [2.05, 4.69) is 5.43 Å². The average Bonchev–Trinajstić information content (AvgIpc) is 2.53. The Hall–Kier alpha value is -2.08. The zero-order valence-corrected chi connectivity index (χ0v) is 11.3. The summed E-state index contributed by atoms with van der Waals surface area (Å²) in [6.45, 7) is 1.60. The summed E-state index contributed by atoms with van der Waals surface area (Å²) in [5.74, 6) is 5.15. The van der Waals surface area contributed by atoms with E-state index in [9.17, 15) is 9.59 Å². The molecule has 0 saturated carbocycles. The maximum atomic E-state index is 11.9. The molecule has 1 aliphatic heterocycles. The van der Waals surface area contributed by atoms with Gasteiger partial charge in [0.2, 0.25) is 0 Å². The van der Waals surface area contributed by atoms with Crippen LogP contribution in [0.5, 0.6) is 5.75 Å². The highest BCUT2D eigenvalue weighted by Crippen LogP contribution is 2.14. The molecule has 0 unspecified atom stereocenters. The standard InChI is InChI=1S/C14H19N3O3/c15-16-14(19)11-5-4-6-12(9-11)20-10-13(18)17-7-2-1-3-8-17/h4-6,9H,1-3,7-8,10,15H2,(H,16,19). The third-order valence-electron chi connectivity index (χ3n) is 3.30. The molecule has 0 aliphatic carbocycles. The van der Waals surface area contributed by atoms with Gasteiger partial charge in [-0.3, -0.25) is 15.0 Å². The summed E-state index contributed by atoms with van der Waals surface area (Å²) in [6, 6.07) is 6.58. The lowest BCUT2D eigenvalue weighted by molar-refractivity contribution is -0.134. The fourth-order valence-electron chi connectivity index (χ4n) is 2.19. The van der Waals surface area contributed by atoms with Crippen LogP contribution in [0.3, 0.4) is 0 Å². The van der Waals surface area contributed by atoms with E-state index in [1.807, 2.05) is 4.90 Å². The fraction of sp³-hybridized carbons (Fsp3) is 0.429. The third-order valence-corrected chi connectivity index (χ3v) is 3.30. The Balaban J connectivity index is 1.90. The van der Waals surface area contributed by atoms with Gasteiger partial charge in [0, 0.05) is 18.7 Å². The molecule has 1 saturated heterocycles. The Kier molecular flexibility index (Phi) is 4.95. The van der Waals surface area contributed by atoms with Crippen LogP contribution in [0.25, 0.3) is 0 Å². The predicted octanol–water partition coefficient (Wildman–Crippen LogP) is 0.681. The summed E-state index contributed by atoms with van der Waals surface area (Å²) < 4.78 is 5.44. The van der Waals surface area contributed by atoms with Crippen molar-refractivity contribution in [3.63, 3.8) is 0 Å². The molecule has 0 atom stereocenters. The maximum Gasteiger partial charge on any atom is 0.265 e. The molecule has 6 nitrogen and oxygen atoms in total. The van der Waals surface area contributed by atoms with E-state index in [0.717, 1.165) is 25.9 Å². The van der Waals surface area contributed by atoms with E-state index in [-0.39, 0.29) is 12.5 Å². The van der Waals surface area contributed by atoms with Crippen LogP contribution in [0.15, 0.2) is 24.3 Å². The Bertz CT molecular complexity index is 484. The molecule has 2 rings (SSSR count). The minimum Gasteiger partial charge on any atom is -0.484 e. The second-order valence-electron chi connectivity index (χ2n) is 4.73. The van der Waals surface area contributed by atoms with E-state index in [1.165, 1.54) is 6.42 Å². The minimum absolute atomic E-state index is 0.00625. The summed E-state index contributed by atoms with van der Waals surface area (Å²) in [7, 11) is 0. The second-order valence-corrected chi connectivity index (χ2v) is 4.73. The highest BCUT2D eigenvalue weighted by atomic mass is 16.5. The maximum absolute atomic E-state index is 11.9. The lowest BCUT2D eigenvalue weighted by Gasteiger charge is -2.26. The summed E-state index contributed by atoms with van der Waals surface area (Å²) in [4.78, 5) is 25.2. The van der Waals surface area contributed by atoms with Gasteiger partial charge in [0.25, 0.3) is 11.8 Å². The van der Waals surface area contributed by atoms with Gasteiger partial charge >= 0.3 is 0 Å². The van der Waals surface area contributed by atoms with Crippen LogP contribution in [0.1, 0.15) is 29.6 Å². The number of rotatable bonds is 4. The molecule has 1 aromatic rings. The number of carbonyl (C=O) groups excluding carboxylic acids is 2. The van der Waals surface area contributed by atoms with Gasteiger partial charge in [-0.2, -0.15) is 0 Å². The topological polar surface area (TPSA) is 84.7 Å². The lowest BCUT2D eigenvalue weighted by Crippen LogP contribution is -2.38. The van der Waals surface area contributed by atoms with E-state index in [0.29, 0.717) is 11.3 Å². The third kappa shape index (κ3) is 3.71. The van der Waals surface area contributed by atoms with Crippen molar-refractivity contribution in [2.45, 2.75) is 19.3 Å². The van der Waals surface area contributed by atoms with Crippen molar-refractivity contribution in [2.75, 3.05) is 19.7 Å². The Morgan fingerprint density at radius 1 is 1.25 bits per heavy atom. The number of hydrogen-bond donors (Lipinski definition) is 2. The highest BCUT2D eigenvalue weighted by molar-refractivity contribution is 5.94. The number of nitrogen functional groups attached to an aromatic ring is 1. The van der Waals surface area contributed by atoms with Crippen molar-refractivity contribution >= 4 is 11.8 Å². The van der Waals surface area contributed by atoms with Crippen molar-refractivity contribution in [1.29, 1.82) is 0 Å². The summed E-state index contributed by atoms with van der Waals surface area (Å²) in [5.41, 5.74) is 2.45.